The maximum absolute atomic E-state index is 13.4. The van der Waals surface area contributed by atoms with Gasteiger partial charge in [0.15, 0.2) is 21.3 Å². The fraction of sp³-hybridized carbons (Fsp3) is 0.320. The lowest BCUT2D eigenvalue weighted by Gasteiger charge is -2.14. The zero-order valence-electron chi connectivity index (χ0n) is 19.3. The molecular formula is C25H26N4O4S. The number of imidazole rings is 1. The Hall–Kier alpha value is -3.46. The van der Waals surface area contributed by atoms with Crippen LogP contribution in [0.2, 0.25) is 0 Å². The molecule has 1 N–H and O–H groups in total. The molecule has 9 heteroatoms. The number of nitrogens with zero attached hydrogens (tertiary/aromatic N) is 3. The van der Waals surface area contributed by atoms with E-state index in [2.05, 4.69) is 29.1 Å². The Morgan fingerprint density at radius 2 is 1.94 bits per heavy atom. The monoisotopic (exact) mass is 478 g/mol. The van der Waals surface area contributed by atoms with E-state index in [1.54, 1.807) is 18.4 Å². The Bertz CT molecular complexity index is 1470. The first-order valence-electron chi connectivity index (χ1n) is 11.3. The van der Waals surface area contributed by atoms with Gasteiger partial charge >= 0.3 is 0 Å². The van der Waals surface area contributed by atoms with Crippen LogP contribution in [0.15, 0.2) is 53.1 Å². The van der Waals surface area contributed by atoms with Crippen molar-refractivity contribution in [3.63, 3.8) is 0 Å². The molecule has 0 spiro atoms. The fourth-order valence-electron chi connectivity index (χ4n) is 4.50. The number of sulfone groups is 1. The zero-order valence-corrected chi connectivity index (χ0v) is 20.1. The predicted octanol–water partition coefficient (Wildman–Crippen LogP) is 4.74. The van der Waals surface area contributed by atoms with Crippen LogP contribution in [0.25, 0.3) is 22.5 Å². The highest BCUT2D eigenvalue weighted by Gasteiger charge is 2.32. The minimum absolute atomic E-state index is 0.0570. The molecule has 5 rings (SSSR count). The summed E-state index contributed by atoms with van der Waals surface area (Å²) in [7, 11) is -3.10. The van der Waals surface area contributed by atoms with Crippen LogP contribution >= 0.6 is 0 Å². The first kappa shape index (κ1) is 22.3. The molecule has 1 atom stereocenters. The molecule has 1 fully saturated rings. The maximum Gasteiger partial charge on any atom is 0.276 e. The van der Waals surface area contributed by atoms with E-state index >= 15 is 0 Å². The zero-order chi connectivity index (χ0) is 24.0. The molecule has 0 radical (unpaired) electrons. The quantitative estimate of drug-likeness (QED) is 0.444. The van der Waals surface area contributed by atoms with Crippen LogP contribution in [0.4, 0.5) is 5.69 Å². The van der Waals surface area contributed by atoms with Crippen LogP contribution in [0.3, 0.4) is 0 Å². The Balaban J connectivity index is 1.60. The topological polar surface area (TPSA) is 107 Å². The first-order valence-corrected chi connectivity index (χ1v) is 13.1. The van der Waals surface area contributed by atoms with Crippen molar-refractivity contribution in [2.45, 2.75) is 39.2 Å². The number of carbonyl (C=O) groups is 1. The molecular weight excluding hydrogens is 452 g/mol. The number of hydrogen-bond acceptors (Lipinski definition) is 6. The molecule has 1 saturated heterocycles. The Kier molecular flexibility index (Phi) is 5.51. The number of carbonyl (C=O) groups excluding carboxylic acids is 1. The number of anilines is 1. The van der Waals surface area contributed by atoms with Gasteiger partial charge in [0.05, 0.1) is 29.3 Å². The van der Waals surface area contributed by atoms with E-state index in [1.165, 1.54) is 5.56 Å². The van der Waals surface area contributed by atoms with Crippen LogP contribution < -0.4 is 5.32 Å². The number of benzene rings is 1. The molecule has 8 nitrogen and oxygen atoms in total. The Labute approximate surface area is 197 Å². The average Bonchev–Trinajstić information content (AvgIpc) is 3.51. The molecule has 0 saturated carbocycles. The van der Waals surface area contributed by atoms with Crippen LogP contribution in [0.5, 0.6) is 0 Å². The molecule has 0 bridgehead atoms. The van der Waals surface area contributed by atoms with Gasteiger partial charge in [-0.05, 0) is 55.2 Å². The highest BCUT2D eigenvalue weighted by Crippen LogP contribution is 2.33. The van der Waals surface area contributed by atoms with Crippen molar-refractivity contribution in [2.24, 2.45) is 0 Å². The van der Waals surface area contributed by atoms with E-state index in [0.29, 0.717) is 46.3 Å². The summed E-state index contributed by atoms with van der Waals surface area (Å²) in [6, 6.07) is 12.8. The minimum Gasteiger partial charge on any atom is -0.463 e. The standard InChI is InChI=1S/C25H26N4O4S/c1-15(2)17-6-8-18(9-7-17)27-25(30)24-23-21(13-20(28-24)22-5-4-11-33-22)29(16(3)26-23)19-10-12-34(31,32)14-19/h4-9,11,13,15,19H,10,12,14H2,1-3H3,(H,27,30). The predicted molar refractivity (Wildman–Crippen MR) is 131 cm³/mol. The van der Waals surface area contributed by atoms with Gasteiger partial charge in [-0.2, -0.15) is 0 Å². The third-order valence-corrected chi connectivity index (χ3v) is 8.00. The molecule has 1 aromatic carbocycles. The number of rotatable bonds is 5. The maximum atomic E-state index is 13.4. The lowest BCUT2D eigenvalue weighted by Crippen LogP contribution is -2.15. The first-order chi connectivity index (χ1) is 16.2. The Morgan fingerprint density at radius 3 is 2.56 bits per heavy atom. The number of fused-ring (bicyclic) bond motifs is 1. The van der Waals surface area contributed by atoms with Crippen LogP contribution in [0.1, 0.15) is 54.1 Å². The van der Waals surface area contributed by atoms with E-state index in [0.717, 1.165) is 0 Å². The molecule has 1 aliphatic rings. The third-order valence-electron chi connectivity index (χ3n) is 6.25. The van der Waals surface area contributed by atoms with Crippen molar-refractivity contribution in [2.75, 3.05) is 16.8 Å². The van der Waals surface area contributed by atoms with Crippen molar-refractivity contribution in [3.05, 3.63) is 65.8 Å². The lowest BCUT2D eigenvalue weighted by molar-refractivity contribution is 0.102. The normalized spacial score (nSPS) is 17.5. The third kappa shape index (κ3) is 4.11. The molecule has 0 aliphatic carbocycles. The number of aromatic nitrogens is 3. The van der Waals surface area contributed by atoms with Crippen molar-refractivity contribution in [1.29, 1.82) is 0 Å². The van der Waals surface area contributed by atoms with Crippen LogP contribution in [0, 0.1) is 6.92 Å². The van der Waals surface area contributed by atoms with E-state index in [1.807, 2.05) is 41.8 Å². The summed E-state index contributed by atoms with van der Waals surface area (Å²) in [4.78, 5) is 22.6. The van der Waals surface area contributed by atoms with Crippen molar-refractivity contribution in [1.82, 2.24) is 14.5 Å². The van der Waals surface area contributed by atoms with Gasteiger partial charge in [-0.15, -0.1) is 0 Å². The molecule has 1 unspecified atom stereocenters. The number of aryl methyl sites for hydroxylation is 1. The molecule has 4 heterocycles. The summed E-state index contributed by atoms with van der Waals surface area (Å²) in [5.41, 5.74) is 3.60. The Morgan fingerprint density at radius 1 is 1.18 bits per heavy atom. The molecule has 176 valence electrons. The average molecular weight is 479 g/mol. The largest absolute Gasteiger partial charge is 0.463 e. The summed E-state index contributed by atoms with van der Waals surface area (Å²) < 4.78 is 31.8. The summed E-state index contributed by atoms with van der Waals surface area (Å²) >= 11 is 0. The van der Waals surface area contributed by atoms with Crippen molar-refractivity contribution >= 4 is 32.5 Å². The van der Waals surface area contributed by atoms with E-state index in [4.69, 9.17) is 4.42 Å². The smallest absolute Gasteiger partial charge is 0.276 e. The highest BCUT2D eigenvalue weighted by atomic mass is 32.2. The van der Waals surface area contributed by atoms with E-state index < -0.39 is 9.84 Å². The number of hydrogen-bond donors (Lipinski definition) is 1. The lowest BCUT2D eigenvalue weighted by atomic mass is 10.0. The number of amides is 1. The molecule has 1 aliphatic heterocycles. The molecule has 3 aromatic heterocycles. The van der Waals surface area contributed by atoms with Crippen molar-refractivity contribution < 1.29 is 17.6 Å². The number of nitrogens with one attached hydrogen (secondary N) is 1. The number of pyridine rings is 1. The summed E-state index contributed by atoms with van der Waals surface area (Å²) in [5.74, 6) is 1.36. The van der Waals surface area contributed by atoms with Gasteiger partial charge in [0.25, 0.3) is 5.91 Å². The van der Waals surface area contributed by atoms with Gasteiger partial charge < -0.3 is 14.3 Å². The second kappa shape index (κ2) is 8.39. The van der Waals surface area contributed by atoms with Gasteiger partial charge in [-0.1, -0.05) is 26.0 Å². The SMILES string of the molecule is Cc1nc2c(C(=O)Nc3ccc(C(C)C)cc3)nc(-c3ccco3)cc2n1C1CCS(=O)(=O)C1. The van der Waals surface area contributed by atoms with Gasteiger partial charge in [0.2, 0.25) is 0 Å². The van der Waals surface area contributed by atoms with Crippen LogP contribution in [-0.4, -0.2) is 40.4 Å². The second-order valence-corrected chi connectivity index (χ2v) is 11.2. The minimum atomic E-state index is -3.10. The van der Waals surface area contributed by atoms with Gasteiger partial charge in [0, 0.05) is 5.69 Å². The van der Waals surface area contributed by atoms with Crippen LogP contribution in [-0.2, 0) is 9.84 Å². The summed E-state index contributed by atoms with van der Waals surface area (Å²) in [6.45, 7) is 6.05. The highest BCUT2D eigenvalue weighted by molar-refractivity contribution is 7.91. The van der Waals surface area contributed by atoms with Gasteiger partial charge in [-0.3, -0.25) is 4.79 Å². The number of furan rings is 1. The molecule has 1 amide bonds. The molecule has 4 aromatic rings. The second-order valence-electron chi connectivity index (χ2n) is 9.02. The summed E-state index contributed by atoms with van der Waals surface area (Å²) in [6.07, 6.45) is 2.06. The van der Waals surface area contributed by atoms with E-state index in [-0.39, 0.29) is 29.1 Å². The van der Waals surface area contributed by atoms with E-state index in [9.17, 15) is 13.2 Å². The van der Waals surface area contributed by atoms with Crippen molar-refractivity contribution in [3.8, 4) is 11.5 Å². The molecule has 34 heavy (non-hydrogen) atoms. The summed E-state index contributed by atoms with van der Waals surface area (Å²) in [5, 5.41) is 2.92. The fourth-order valence-corrected chi connectivity index (χ4v) is 6.20. The van der Waals surface area contributed by atoms with Gasteiger partial charge in [-0.25, -0.2) is 18.4 Å². The van der Waals surface area contributed by atoms with Gasteiger partial charge in [0.1, 0.15) is 17.0 Å².